The Morgan fingerprint density at radius 2 is 2.40 bits per heavy atom. The Bertz CT molecular complexity index is 436. The Kier molecular flexibility index (Phi) is 6.35. The predicted octanol–water partition coefficient (Wildman–Crippen LogP) is 1.97. The number of hydrogen-bond donors (Lipinski definition) is 1. The molecule has 2 heterocycles. The number of morpholine rings is 1. The summed E-state index contributed by atoms with van der Waals surface area (Å²) >= 11 is 7.77. The van der Waals surface area contributed by atoms with Crippen LogP contribution in [0.1, 0.15) is 19.0 Å². The van der Waals surface area contributed by atoms with Crippen molar-refractivity contribution < 1.29 is 9.84 Å². The van der Waals surface area contributed by atoms with Gasteiger partial charge in [0.15, 0.2) is 0 Å². The lowest BCUT2D eigenvalue weighted by Gasteiger charge is -2.34. The third kappa shape index (κ3) is 4.48. The number of aliphatic hydroxyl groups is 1. The van der Waals surface area contributed by atoms with Crippen molar-refractivity contribution in [3.63, 3.8) is 0 Å². The first kappa shape index (κ1) is 15.8. The van der Waals surface area contributed by atoms with E-state index in [2.05, 4.69) is 21.8 Å². The van der Waals surface area contributed by atoms with Crippen LogP contribution in [0.5, 0.6) is 0 Å². The van der Waals surface area contributed by atoms with E-state index in [4.69, 9.17) is 21.4 Å². The fraction of sp³-hybridized carbons (Fsp3) is 0.692. The molecule has 1 aromatic heterocycles. The molecule has 5 nitrogen and oxygen atoms in total. The second-order valence-electron chi connectivity index (χ2n) is 4.73. The highest BCUT2D eigenvalue weighted by atomic mass is 35.5. The maximum atomic E-state index is 8.77. The lowest BCUT2D eigenvalue weighted by atomic mass is 10.2. The number of halogens is 1. The van der Waals surface area contributed by atoms with Gasteiger partial charge in [-0.15, -0.1) is 0 Å². The number of aromatic nitrogens is 2. The predicted molar refractivity (Wildman–Crippen MR) is 82.5 cm³/mol. The van der Waals surface area contributed by atoms with Crippen molar-refractivity contribution in [3.8, 4) is 0 Å². The van der Waals surface area contributed by atoms with Crippen molar-refractivity contribution in [1.82, 2.24) is 9.97 Å². The maximum absolute atomic E-state index is 8.77. The highest BCUT2D eigenvalue weighted by Gasteiger charge is 2.21. The monoisotopic (exact) mass is 317 g/mol. The van der Waals surface area contributed by atoms with Gasteiger partial charge in [-0.1, -0.05) is 0 Å². The van der Waals surface area contributed by atoms with Gasteiger partial charge in [0.1, 0.15) is 5.82 Å². The van der Waals surface area contributed by atoms with E-state index in [9.17, 15) is 0 Å². The van der Waals surface area contributed by atoms with Gasteiger partial charge in [-0.2, -0.15) is 11.8 Å². The number of anilines is 1. The van der Waals surface area contributed by atoms with Gasteiger partial charge < -0.3 is 14.7 Å². The van der Waals surface area contributed by atoms with Crippen LogP contribution >= 0.6 is 23.4 Å². The largest absolute Gasteiger partial charge is 0.396 e. The van der Waals surface area contributed by atoms with Crippen LogP contribution in [-0.2, 0) is 10.5 Å². The second-order valence-corrected chi connectivity index (χ2v) is 6.18. The van der Waals surface area contributed by atoms with E-state index >= 15 is 0 Å². The maximum Gasteiger partial charge on any atom is 0.224 e. The summed E-state index contributed by atoms with van der Waals surface area (Å²) in [6, 6.07) is 2.30. The fourth-order valence-corrected chi connectivity index (χ4v) is 3.11. The molecule has 1 N–H and O–H groups in total. The summed E-state index contributed by atoms with van der Waals surface area (Å²) in [6.07, 6.45) is 0.802. The normalized spacial score (nSPS) is 19.4. The summed E-state index contributed by atoms with van der Waals surface area (Å²) in [5.41, 5.74) is 0.932. The zero-order chi connectivity index (χ0) is 14.4. The van der Waals surface area contributed by atoms with Crippen LogP contribution in [0.3, 0.4) is 0 Å². The van der Waals surface area contributed by atoms with Gasteiger partial charge >= 0.3 is 0 Å². The third-order valence-electron chi connectivity index (χ3n) is 3.10. The number of ether oxygens (including phenoxy) is 1. The molecule has 2 rings (SSSR count). The fourth-order valence-electron chi connectivity index (χ4n) is 2.08. The van der Waals surface area contributed by atoms with Gasteiger partial charge in [0.25, 0.3) is 0 Å². The summed E-state index contributed by atoms with van der Waals surface area (Å²) in [5, 5.41) is 9.06. The molecule has 7 heteroatoms. The van der Waals surface area contributed by atoms with Crippen LogP contribution < -0.4 is 4.90 Å². The van der Waals surface area contributed by atoms with Crippen LogP contribution in [0.2, 0.25) is 5.28 Å². The zero-order valence-corrected chi connectivity index (χ0v) is 13.2. The van der Waals surface area contributed by atoms with E-state index in [1.165, 1.54) is 0 Å². The molecular formula is C13H20ClN3O2S. The van der Waals surface area contributed by atoms with Crippen LogP contribution in [0.15, 0.2) is 6.07 Å². The van der Waals surface area contributed by atoms with Gasteiger partial charge in [0, 0.05) is 25.0 Å². The van der Waals surface area contributed by atoms with Crippen LogP contribution in [0.25, 0.3) is 0 Å². The molecule has 0 bridgehead atoms. The molecular weight excluding hydrogens is 298 g/mol. The molecule has 112 valence electrons. The summed E-state index contributed by atoms with van der Waals surface area (Å²) < 4.78 is 5.44. The van der Waals surface area contributed by atoms with Crippen molar-refractivity contribution >= 4 is 29.2 Å². The van der Waals surface area contributed by atoms with Crippen LogP contribution in [-0.4, -0.2) is 53.2 Å². The van der Waals surface area contributed by atoms with Crippen LogP contribution in [0, 0.1) is 0 Å². The second kappa shape index (κ2) is 8.02. The molecule has 1 aliphatic heterocycles. The van der Waals surface area contributed by atoms with Gasteiger partial charge in [-0.05, 0) is 30.7 Å². The summed E-state index contributed by atoms with van der Waals surface area (Å²) in [4.78, 5) is 10.8. The number of hydrogen-bond acceptors (Lipinski definition) is 6. The highest BCUT2D eigenvalue weighted by Crippen LogP contribution is 2.22. The van der Waals surface area contributed by atoms with Crippen molar-refractivity contribution in [1.29, 1.82) is 0 Å². The number of rotatable bonds is 6. The van der Waals surface area contributed by atoms with E-state index in [0.29, 0.717) is 24.5 Å². The third-order valence-corrected chi connectivity index (χ3v) is 4.34. The molecule has 0 spiro atoms. The lowest BCUT2D eigenvalue weighted by Crippen LogP contribution is -2.44. The van der Waals surface area contributed by atoms with Gasteiger partial charge in [0.05, 0.1) is 24.9 Å². The minimum atomic E-state index is 0.230. The smallest absolute Gasteiger partial charge is 0.224 e. The average Bonchev–Trinajstić information content (AvgIpc) is 2.43. The molecule has 1 atom stereocenters. The molecule has 0 amide bonds. The Hall–Kier alpha value is -0.560. The Morgan fingerprint density at radius 3 is 3.15 bits per heavy atom. The SMILES string of the molecule is C[C@H]1COCCN1c1cc(CSCCCO)nc(Cl)n1. The van der Waals surface area contributed by atoms with Crippen molar-refractivity contribution in [2.45, 2.75) is 25.1 Å². The van der Waals surface area contributed by atoms with Crippen molar-refractivity contribution in [2.24, 2.45) is 0 Å². The Morgan fingerprint density at radius 1 is 1.55 bits per heavy atom. The molecule has 1 fully saturated rings. The molecule has 0 aromatic carbocycles. The first-order valence-corrected chi connectivity index (χ1v) is 8.30. The molecule has 0 unspecified atom stereocenters. The van der Waals surface area contributed by atoms with E-state index < -0.39 is 0 Å². The van der Waals surface area contributed by atoms with Crippen molar-refractivity contribution in [3.05, 3.63) is 17.0 Å². The quantitative estimate of drug-likeness (QED) is 0.639. The number of nitrogens with zero attached hydrogens (tertiary/aromatic N) is 3. The summed E-state index contributed by atoms with van der Waals surface area (Å²) in [6.45, 7) is 4.60. The Labute approximate surface area is 128 Å². The van der Waals surface area contributed by atoms with Gasteiger partial charge in [-0.25, -0.2) is 9.97 Å². The molecule has 20 heavy (non-hydrogen) atoms. The first-order valence-electron chi connectivity index (χ1n) is 6.77. The minimum absolute atomic E-state index is 0.230. The zero-order valence-electron chi connectivity index (χ0n) is 11.6. The first-order chi connectivity index (χ1) is 9.70. The molecule has 0 aliphatic carbocycles. The number of thioether (sulfide) groups is 1. The minimum Gasteiger partial charge on any atom is -0.396 e. The summed E-state index contributed by atoms with van der Waals surface area (Å²) in [5.74, 6) is 2.58. The molecule has 1 aliphatic rings. The summed E-state index contributed by atoms with van der Waals surface area (Å²) in [7, 11) is 0. The van der Waals surface area contributed by atoms with Gasteiger partial charge in [0.2, 0.25) is 5.28 Å². The molecule has 0 saturated carbocycles. The van der Waals surface area contributed by atoms with E-state index in [1.54, 1.807) is 11.8 Å². The van der Waals surface area contributed by atoms with Crippen LogP contribution in [0.4, 0.5) is 5.82 Å². The topological polar surface area (TPSA) is 58.5 Å². The lowest BCUT2D eigenvalue weighted by molar-refractivity contribution is 0.0985. The average molecular weight is 318 g/mol. The van der Waals surface area contributed by atoms with E-state index in [1.807, 2.05) is 6.07 Å². The Balaban J connectivity index is 2.03. The molecule has 0 radical (unpaired) electrons. The highest BCUT2D eigenvalue weighted by molar-refractivity contribution is 7.98. The van der Waals surface area contributed by atoms with E-state index in [0.717, 1.165) is 36.0 Å². The molecule has 1 aromatic rings. The standard InChI is InChI=1S/C13H20ClN3O2S/c1-10-8-19-5-3-17(10)12-7-11(15-13(14)16-12)9-20-6-2-4-18/h7,10,18H,2-6,8-9H2,1H3/t10-/m0/s1. The molecule has 1 saturated heterocycles. The van der Waals surface area contributed by atoms with E-state index in [-0.39, 0.29) is 6.61 Å². The number of aliphatic hydroxyl groups excluding tert-OH is 1. The van der Waals surface area contributed by atoms with Gasteiger partial charge in [-0.3, -0.25) is 0 Å². The van der Waals surface area contributed by atoms with Crippen molar-refractivity contribution in [2.75, 3.05) is 37.0 Å².